The number of fused-ring (bicyclic) bond motifs is 1. The number of nitrogens with one attached hydrogen (secondary N) is 2. The maximum atomic E-state index is 11.2. The second-order valence-corrected chi connectivity index (χ2v) is 8.20. The molecule has 4 rings (SSSR count). The van der Waals surface area contributed by atoms with E-state index in [0.717, 1.165) is 30.7 Å². The number of pyridine rings is 1. The van der Waals surface area contributed by atoms with E-state index in [0.29, 0.717) is 17.0 Å². The van der Waals surface area contributed by atoms with Gasteiger partial charge < -0.3 is 10.3 Å². The van der Waals surface area contributed by atoms with Crippen LogP contribution in [0.5, 0.6) is 0 Å². The molecule has 4 heterocycles. The highest BCUT2D eigenvalue weighted by molar-refractivity contribution is 7.15. The molecule has 1 aliphatic rings. The van der Waals surface area contributed by atoms with Crippen LogP contribution < -0.4 is 5.32 Å². The monoisotopic (exact) mass is 369 g/mol. The van der Waals surface area contributed by atoms with Gasteiger partial charge in [-0.05, 0) is 37.1 Å². The fourth-order valence-electron chi connectivity index (χ4n) is 3.67. The van der Waals surface area contributed by atoms with Crippen molar-refractivity contribution in [1.82, 2.24) is 19.9 Å². The highest BCUT2D eigenvalue weighted by Gasteiger charge is 2.29. The number of amides is 1. The van der Waals surface area contributed by atoms with Crippen molar-refractivity contribution >= 4 is 33.4 Å². The van der Waals surface area contributed by atoms with Crippen LogP contribution in [-0.2, 0) is 11.3 Å². The molecule has 0 radical (unpaired) electrons. The number of thiazole rings is 1. The lowest BCUT2D eigenvalue weighted by Crippen LogP contribution is -2.37. The number of rotatable bonds is 4. The molecule has 2 atom stereocenters. The highest BCUT2D eigenvalue weighted by Crippen LogP contribution is 2.34. The lowest BCUT2D eigenvalue weighted by Gasteiger charge is -2.36. The molecule has 1 unspecified atom stereocenters. The van der Waals surface area contributed by atoms with E-state index < -0.39 is 0 Å². The maximum absolute atomic E-state index is 11.2. The molecule has 1 aliphatic heterocycles. The topological polar surface area (TPSA) is 73.9 Å². The van der Waals surface area contributed by atoms with Gasteiger partial charge >= 0.3 is 0 Å². The zero-order valence-corrected chi connectivity index (χ0v) is 15.8. The summed E-state index contributed by atoms with van der Waals surface area (Å²) in [6, 6.07) is 6.25. The Bertz CT molecular complexity index is 884. The Hall–Kier alpha value is -2.25. The molecule has 6 nitrogen and oxygen atoms in total. The Morgan fingerprint density at radius 3 is 3.15 bits per heavy atom. The van der Waals surface area contributed by atoms with Crippen LogP contribution in [0.3, 0.4) is 0 Å². The van der Waals surface area contributed by atoms with Crippen LogP contribution in [0.4, 0.5) is 5.13 Å². The lowest BCUT2D eigenvalue weighted by molar-refractivity contribution is -0.114. The average Bonchev–Trinajstić information content (AvgIpc) is 3.22. The quantitative estimate of drug-likeness (QED) is 0.737. The van der Waals surface area contributed by atoms with Crippen molar-refractivity contribution in [2.45, 2.75) is 32.7 Å². The van der Waals surface area contributed by atoms with Gasteiger partial charge in [0.05, 0.1) is 11.0 Å². The number of carbonyl (C=O) groups is 1. The van der Waals surface area contributed by atoms with Crippen LogP contribution in [0.2, 0.25) is 0 Å². The third kappa shape index (κ3) is 3.64. The number of H-pyrrole nitrogens is 1. The molecule has 0 saturated carbocycles. The van der Waals surface area contributed by atoms with Gasteiger partial charge in [0.25, 0.3) is 0 Å². The van der Waals surface area contributed by atoms with Gasteiger partial charge in [0.1, 0.15) is 0 Å². The third-order valence-corrected chi connectivity index (χ3v) is 5.97. The first kappa shape index (κ1) is 17.2. The SMILES string of the molecule is CC(=O)Nc1ncc(CN2CC[C@H](C)C(c3cc4ncccc4[nH]3)C2)s1. The summed E-state index contributed by atoms with van der Waals surface area (Å²) in [5.74, 6) is 1.03. The molecule has 136 valence electrons. The molecule has 26 heavy (non-hydrogen) atoms. The molecule has 1 saturated heterocycles. The minimum Gasteiger partial charge on any atom is -0.357 e. The van der Waals surface area contributed by atoms with Crippen LogP contribution in [0.15, 0.2) is 30.6 Å². The molecule has 1 amide bonds. The predicted octanol–water partition coefficient (Wildman–Crippen LogP) is 3.60. The number of hydrogen-bond donors (Lipinski definition) is 2. The van der Waals surface area contributed by atoms with Crippen molar-refractivity contribution in [3.63, 3.8) is 0 Å². The molecular weight excluding hydrogens is 346 g/mol. The zero-order chi connectivity index (χ0) is 18.1. The maximum Gasteiger partial charge on any atom is 0.223 e. The molecule has 1 fully saturated rings. The van der Waals surface area contributed by atoms with E-state index in [9.17, 15) is 4.79 Å². The Balaban J connectivity index is 1.47. The first-order valence-electron chi connectivity index (χ1n) is 8.97. The standard InChI is InChI=1S/C19H23N5OS/c1-12-5-7-24(10-14-9-21-19(26-14)22-13(2)25)11-15(12)17-8-18-16(23-17)4-3-6-20-18/h3-4,6,8-9,12,15,23H,5,7,10-11H2,1-2H3,(H,21,22,25)/t12-,15?/m0/s1. The first-order chi connectivity index (χ1) is 12.6. The van der Waals surface area contributed by atoms with Crippen molar-refractivity contribution in [2.24, 2.45) is 5.92 Å². The Morgan fingerprint density at radius 2 is 2.35 bits per heavy atom. The molecule has 0 spiro atoms. The van der Waals surface area contributed by atoms with E-state index in [2.05, 4.69) is 44.2 Å². The number of carbonyl (C=O) groups excluding carboxylic acids is 1. The number of piperidine rings is 1. The van der Waals surface area contributed by atoms with Crippen molar-refractivity contribution in [1.29, 1.82) is 0 Å². The molecular formula is C19H23N5OS. The van der Waals surface area contributed by atoms with Crippen molar-refractivity contribution in [3.05, 3.63) is 41.2 Å². The second-order valence-electron chi connectivity index (χ2n) is 7.08. The summed E-state index contributed by atoms with van der Waals surface area (Å²) in [5.41, 5.74) is 3.42. The van der Waals surface area contributed by atoms with E-state index in [1.54, 1.807) is 11.3 Å². The fourth-order valence-corrected chi connectivity index (χ4v) is 4.57. The van der Waals surface area contributed by atoms with Crippen LogP contribution in [0, 0.1) is 5.92 Å². The van der Waals surface area contributed by atoms with Gasteiger partial charge in [-0.25, -0.2) is 4.98 Å². The van der Waals surface area contributed by atoms with Gasteiger partial charge in [0, 0.05) is 48.9 Å². The second kappa shape index (κ2) is 7.17. The Kier molecular flexibility index (Phi) is 4.74. The number of likely N-dealkylation sites (tertiary alicyclic amines) is 1. The lowest BCUT2D eigenvalue weighted by atomic mass is 9.85. The van der Waals surface area contributed by atoms with Crippen LogP contribution >= 0.6 is 11.3 Å². The number of aromatic amines is 1. The van der Waals surface area contributed by atoms with E-state index in [-0.39, 0.29) is 5.91 Å². The van der Waals surface area contributed by atoms with E-state index in [1.165, 1.54) is 23.9 Å². The number of nitrogens with zero attached hydrogens (tertiary/aromatic N) is 3. The summed E-state index contributed by atoms with van der Waals surface area (Å²) in [4.78, 5) is 27.1. The molecule has 0 aromatic carbocycles. The van der Waals surface area contributed by atoms with E-state index >= 15 is 0 Å². The van der Waals surface area contributed by atoms with Crippen LogP contribution in [-0.4, -0.2) is 38.8 Å². The first-order valence-corrected chi connectivity index (χ1v) is 9.78. The summed E-state index contributed by atoms with van der Waals surface area (Å²) >= 11 is 1.55. The molecule has 3 aromatic rings. The molecule has 0 bridgehead atoms. The number of anilines is 1. The zero-order valence-electron chi connectivity index (χ0n) is 15.0. The van der Waals surface area contributed by atoms with Gasteiger partial charge in [-0.15, -0.1) is 11.3 Å². The number of hydrogen-bond acceptors (Lipinski definition) is 5. The minimum absolute atomic E-state index is 0.0785. The van der Waals surface area contributed by atoms with Gasteiger partial charge in [0.15, 0.2) is 5.13 Å². The van der Waals surface area contributed by atoms with Crippen molar-refractivity contribution in [3.8, 4) is 0 Å². The molecule has 3 aromatic heterocycles. The third-order valence-electron chi connectivity index (χ3n) is 5.07. The molecule has 0 aliphatic carbocycles. The minimum atomic E-state index is -0.0785. The van der Waals surface area contributed by atoms with E-state index in [1.807, 2.05) is 18.5 Å². The van der Waals surface area contributed by atoms with Crippen LogP contribution in [0.1, 0.15) is 36.8 Å². The van der Waals surface area contributed by atoms with Crippen molar-refractivity contribution in [2.75, 3.05) is 18.4 Å². The Labute approximate surface area is 156 Å². The summed E-state index contributed by atoms with van der Waals surface area (Å²) in [6.07, 6.45) is 4.88. The summed E-state index contributed by atoms with van der Waals surface area (Å²) < 4.78 is 0. The Morgan fingerprint density at radius 1 is 1.46 bits per heavy atom. The highest BCUT2D eigenvalue weighted by atomic mass is 32.1. The van der Waals surface area contributed by atoms with Crippen molar-refractivity contribution < 1.29 is 4.79 Å². The molecule has 2 N–H and O–H groups in total. The summed E-state index contributed by atoms with van der Waals surface area (Å²) in [7, 11) is 0. The summed E-state index contributed by atoms with van der Waals surface area (Å²) in [6.45, 7) is 6.82. The van der Waals surface area contributed by atoms with Gasteiger partial charge in [0.2, 0.25) is 5.91 Å². The average molecular weight is 369 g/mol. The van der Waals surface area contributed by atoms with Gasteiger partial charge in [-0.3, -0.25) is 14.7 Å². The normalized spacial score (nSPS) is 21.2. The van der Waals surface area contributed by atoms with Gasteiger partial charge in [-0.2, -0.15) is 0 Å². The predicted molar refractivity (Wildman–Crippen MR) is 104 cm³/mol. The van der Waals surface area contributed by atoms with Gasteiger partial charge in [-0.1, -0.05) is 6.92 Å². The smallest absolute Gasteiger partial charge is 0.223 e. The summed E-state index contributed by atoms with van der Waals surface area (Å²) in [5, 5.41) is 3.43. The van der Waals surface area contributed by atoms with Crippen LogP contribution in [0.25, 0.3) is 11.0 Å². The molecule has 7 heteroatoms. The fraction of sp³-hybridized carbons (Fsp3) is 0.421. The van der Waals surface area contributed by atoms with E-state index in [4.69, 9.17) is 0 Å². The largest absolute Gasteiger partial charge is 0.357 e. The number of aromatic nitrogens is 3.